The van der Waals surface area contributed by atoms with Gasteiger partial charge in [0.05, 0.1) is 0 Å². The van der Waals surface area contributed by atoms with Crippen LogP contribution in [0.5, 0.6) is 0 Å². The van der Waals surface area contributed by atoms with Crippen LogP contribution in [0.25, 0.3) is 0 Å². The zero-order valence-electron chi connectivity index (χ0n) is 7.06. The zero-order chi connectivity index (χ0) is 8.27. The third-order valence-corrected chi connectivity index (χ3v) is 2.45. The van der Waals surface area contributed by atoms with E-state index in [2.05, 4.69) is 12.2 Å². The van der Waals surface area contributed by atoms with Crippen molar-refractivity contribution >= 4 is 5.96 Å². The van der Waals surface area contributed by atoms with E-state index in [1.807, 2.05) is 0 Å². The molecule has 0 heterocycles. The third kappa shape index (κ3) is 2.41. The van der Waals surface area contributed by atoms with Crippen molar-refractivity contribution in [2.45, 2.75) is 38.6 Å². The number of hydrogen-bond donors (Lipinski definition) is 3. The molecule has 0 aromatic carbocycles. The molecule has 1 rings (SSSR count). The maximum atomic E-state index is 7.09. The van der Waals surface area contributed by atoms with E-state index in [1.54, 1.807) is 0 Å². The van der Waals surface area contributed by atoms with Crippen molar-refractivity contribution in [1.82, 2.24) is 5.32 Å². The second-order valence-corrected chi connectivity index (χ2v) is 3.43. The Bertz CT molecular complexity index is 144. The van der Waals surface area contributed by atoms with E-state index in [0.717, 1.165) is 0 Å². The molecule has 1 saturated carbocycles. The van der Waals surface area contributed by atoms with Crippen molar-refractivity contribution < 1.29 is 0 Å². The summed E-state index contributed by atoms with van der Waals surface area (Å²) in [4.78, 5) is 0. The largest absolute Gasteiger partial charge is 0.370 e. The second kappa shape index (κ2) is 3.60. The fraction of sp³-hybridized carbons (Fsp3) is 0.875. The van der Waals surface area contributed by atoms with Gasteiger partial charge in [0.15, 0.2) is 5.96 Å². The first kappa shape index (κ1) is 8.37. The van der Waals surface area contributed by atoms with E-state index in [4.69, 9.17) is 11.1 Å². The van der Waals surface area contributed by atoms with E-state index >= 15 is 0 Å². The molecule has 0 saturated heterocycles. The second-order valence-electron chi connectivity index (χ2n) is 3.43. The summed E-state index contributed by atoms with van der Waals surface area (Å²) in [6.45, 7) is 2.22. The fourth-order valence-electron chi connectivity index (χ4n) is 1.73. The lowest BCUT2D eigenvalue weighted by Crippen LogP contribution is -2.44. The van der Waals surface area contributed by atoms with Gasteiger partial charge in [0, 0.05) is 6.04 Å². The summed E-state index contributed by atoms with van der Waals surface area (Å²) in [5.41, 5.74) is 5.26. The van der Waals surface area contributed by atoms with Crippen LogP contribution >= 0.6 is 0 Å². The van der Waals surface area contributed by atoms with Crippen molar-refractivity contribution in [1.29, 1.82) is 5.41 Å². The lowest BCUT2D eigenvalue weighted by atomic mass is 9.86. The predicted molar refractivity (Wildman–Crippen MR) is 46.5 cm³/mol. The van der Waals surface area contributed by atoms with Crippen molar-refractivity contribution in [3.63, 3.8) is 0 Å². The maximum Gasteiger partial charge on any atom is 0.185 e. The van der Waals surface area contributed by atoms with E-state index in [-0.39, 0.29) is 5.96 Å². The SMILES string of the molecule is CC1CCCCC1NC(=N)N. The van der Waals surface area contributed by atoms with Gasteiger partial charge in [0.25, 0.3) is 0 Å². The molecular weight excluding hydrogens is 138 g/mol. The first-order chi connectivity index (χ1) is 5.20. The molecule has 0 spiro atoms. The van der Waals surface area contributed by atoms with E-state index in [0.29, 0.717) is 12.0 Å². The summed E-state index contributed by atoms with van der Waals surface area (Å²) < 4.78 is 0. The molecule has 0 aliphatic heterocycles. The van der Waals surface area contributed by atoms with Gasteiger partial charge in [0.2, 0.25) is 0 Å². The Morgan fingerprint density at radius 2 is 2.09 bits per heavy atom. The molecule has 64 valence electrons. The Morgan fingerprint density at radius 3 is 2.64 bits per heavy atom. The van der Waals surface area contributed by atoms with Crippen molar-refractivity contribution in [3.05, 3.63) is 0 Å². The van der Waals surface area contributed by atoms with Crippen LogP contribution in [-0.2, 0) is 0 Å². The Kier molecular flexibility index (Phi) is 2.74. The molecule has 4 N–H and O–H groups in total. The van der Waals surface area contributed by atoms with Gasteiger partial charge >= 0.3 is 0 Å². The molecule has 2 unspecified atom stereocenters. The number of nitrogens with one attached hydrogen (secondary N) is 2. The smallest absolute Gasteiger partial charge is 0.185 e. The highest BCUT2D eigenvalue weighted by Crippen LogP contribution is 2.23. The Balaban J connectivity index is 2.35. The zero-order valence-corrected chi connectivity index (χ0v) is 7.06. The normalized spacial score (nSPS) is 31.4. The highest BCUT2D eigenvalue weighted by atomic mass is 15.1. The monoisotopic (exact) mass is 155 g/mol. The number of hydrogen-bond acceptors (Lipinski definition) is 1. The van der Waals surface area contributed by atoms with Gasteiger partial charge in [-0.2, -0.15) is 0 Å². The molecule has 1 fully saturated rings. The van der Waals surface area contributed by atoms with Gasteiger partial charge in [-0.25, -0.2) is 0 Å². The fourth-order valence-corrected chi connectivity index (χ4v) is 1.73. The minimum absolute atomic E-state index is 0.115. The first-order valence-corrected chi connectivity index (χ1v) is 4.30. The van der Waals surface area contributed by atoms with Crippen molar-refractivity contribution in [2.24, 2.45) is 11.7 Å². The van der Waals surface area contributed by atoms with Crippen LogP contribution < -0.4 is 11.1 Å². The molecule has 0 bridgehead atoms. The summed E-state index contributed by atoms with van der Waals surface area (Å²) in [6, 6.07) is 0.446. The van der Waals surface area contributed by atoms with Gasteiger partial charge in [-0.05, 0) is 18.8 Å². The molecule has 0 amide bonds. The minimum Gasteiger partial charge on any atom is -0.370 e. The van der Waals surface area contributed by atoms with Crippen LogP contribution in [0.15, 0.2) is 0 Å². The summed E-state index contributed by atoms with van der Waals surface area (Å²) in [5, 5.41) is 10.1. The van der Waals surface area contributed by atoms with Gasteiger partial charge in [-0.1, -0.05) is 19.8 Å². The van der Waals surface area contributed by atoms with E-state index in [1.165, 1.54) is 25.7 Å². The van der Waals surface area contributed by atoms with Crippen LogP contribution in [-0.4, -0.2) is 12.0 Å². The average Bonchev–Trinajstić information content (AvgIpc) is 1.93. The minimum atomic E-state index is 0.115. The summed E-state index contributed by atoms with van der Waals surface area (Å²) in [7, 11) is 0. The predicted octanol–water partition coefficient (Wildman–Crippen LogP) is 1.05. The highest BCUT2D eigenvalue weighted by molar-refractivity contribution is 5.74. The Labute approximate surface area is 67.9 Å². The van der Waals surface area contributed by atoms with Crippen LogP contribution in [0.2, 0.25) is 0 Å². The molecule has 2 atom stereocenters. The highest BCUT2D eigenvalue weighted by Gasteiger charge is 2.20. The Hall–Kier alpha value is -0.730. The molecule has 1 aliphatic carbocycles. The summed E-state index contributed by atoms with van der Waals surface area (Å²) >= 11 is 0. The number of nitrogens with two attached hydrogens (primary N) is 1. The molecule has 0 aromatic rings. The summed E-state index contributed by atoms with van der Waals surface area (Å²) in [5.74, 6) is 0.788. The molecular formula is C8H17N3. The lowest BCUT2D eigenvalue weighted by Gasteiger charge is -2.29. The Morgan fingerprint density at radius 1 is 1.45 bits per heavy atom. The van der Waals surface area contributed by atoms with Gasteiger partial charge in [-0.15, -0.1) is 0 Å². The molecule has 11 heavy (non-hydrogen) atoms. The van der Waals surface area contributed by atoms with Crippen molar-refractivity contribution in [3.8, 4) is 0 Å². The first-order valence-electron chi connectivity index (χ1n) is 4.30. The van der Waals surface area contributed by atoms with Gasteiger partial charge < -0.3 is 11.1 Å². The molecule has 3 nitrogen and oxygen atoms in total. The molecule has 0 radical (unpaired) electrons. The van der Waals surface area contributed by atoms with Crippen LogP contribution in [0.1, 0.15) is 32.6 Å². The number of rotatable bonds is 1. The summed E-state index contributed by atoms with van der Waals surface area (Å²) in [6.07, 6.45) is 5.04. The van der Waals surface area contributed by atoms with Gasteiger partial charge in [-0.3, -0.25) is 5.41 Å². The molecule has 3 heteroatoms. The molecule has 1 aliphatic rings. The van der Waals surface area contributed by atoms with E-state index < -0.39 is 0 Å². The van der Waals surface area contributed by atoms with Crippen LogP contribution in [0.4, 0.5) is 0 Å². The average molecular weight is 155 g/mol. The quantitative estimate of drug-likeness (QED) is 0.391. The van der Waals surface area contributed by atoms with Gasteiger partial charge in [0.1, 0.15) is 0 Å². The van der Waals surface area contributed by atoms with Crippen LogP contribution in [0.3, 0.4) is 0 Å². The van der Waals surface area contributed by atoms with Crippen LogP contribution in [0, 0.1) is 11.3 Å². The third-order valence-electron chi connectivity index (χ3n) is 2.45. The topological polar surface area (TPSA) is 61.9 Å². The number of guanidine groups is 1. The van der Waals surface area contributed by atoms with Crippen molar-refractivity contribution in [2.75, 3.05) is 0 Å². The lowest BCUT2D eigenvalue weighted by molar-refractivity contribution is 0.308. The molecule has 0 aromatic heterocycles. The standard InChI is InChI=1S/C8H17N3/c1-6-4-2-3-5-7(6)11-8(9)10/h6-7H,2-5H2,1H3,(H4,9,10,11). The maximum absolute atomic E-state index is 7.09. The van der Waals surface area contributed by atoms with E-state index in [9.17, 15) is 0 Å².